The van der Waals surface area contributed by atoms with E-state index in [1.165, 1.54) is 0 Å². The quantitative estimate of drug-likeness (QED) is 0.584. The van der Waals surface area contributed by atoms with Crippen molar-refractivity contribution in [1.82, 2.24) is 4.98 Å². The molecule has 1 heterocycles. The van der Waals surface area contributed by atoms with Crippen molar-refractivity contribution in [2.75, 3.05) is 25.7 Å². The van der Waals surface area contributed by atoms with Crippen LogP contribution in [0, 0.1) is 0 Å². The van der Waals surface area contributed by atoms with Gasteiger partial charge in [0.25, 0.3) is 0 Å². The van der Waals surface area contributed by atoms with Crippen molar-refractivity contribution in [2.24, 2.45) is 0 Å². The Hall–Kier alpha value is -0.690. The molecule has 0 fully saturated rings. The zero-order chi connectivity index (χ0) is 16.4. The third-order valence-electron chi connectivity index (χ3n) is 2.70. The van der Waals surface area contributed by atoms with Gasteiger partial charge in [0.05, 0.1) is 6.20 Å². The highest BCUT2D eigenvalue weighted by Crippen LogP contribution is 2.27. The van der Waals surface area contributed by atoms with Crippen LogP contribution in [0.15, 0.2) is 39.4 Å². The maximum absolute atomic E-state index is 5.74. The summed E-state index contributed by atoms with van der Waals surface area (Å²) in [6, 6.07) is 7.92. The van der Waals surface area contributed by atoms with Crippen LogP contribution in [0.25, 0.3) is 11.3 Å². The zero-order valence-electron chi connectivity index (χ0n) is 13.0. The zero-order valence-corrected chi connectivity index (χ0v) is 16.2. The summed E-state index contributed by atoms with van der Waals surface area (Å²) in [6.07, 6.45) is 1.59. The van der Waals surface area contributed by atoms with Gasteiger partial charge in [0.15, 0.2) is 5.76 Å². The highest BCUT2D eigenvalue weighted by Gasteiger charge is 2.17. The molecule has 0 N–H and O–H groups in total. The normalized spacial score (nSPS) is 11.7. The van der Waals surface area contributed by atoms with Crippen LogP contribution in [0.1, 0.15) is 25.8 Å². The van der Waals surface area contributed by atoms with Crippen LogP contribution in [0.4, 0.5) is 0 Å². The number of hydrogen-bond donors (Lipinski definition) is 0. The van der Waals surface area contributed by atoms with Crippen molar-refractivity contribution in [2.45, 2.75) is 20.0 Å². The predicted octanol–water partition coefficient (Wildman–Crippen LogP) is 5.23. The number of alkyl halides is 1. The van der Waals surface area contributed by atoms with E-state index in [0.29, 0.717) is 17.8 Å². The van der Waals surface area contributed by atoms with Gasteiger partial charge in [-0.15, -0.1) is 0 Å². The number of aromatic nitrogens is 1. The molecule has 0 aliphatic heterocycles. The Morgan fingerprint density at radius 3 is 2.55 bits per heavy atom. The monoisotopic (exact) mass is 433 g/mol. The molecule has 2 aromatic rings. The maximum Gasteiger partial charge on any atom is 0.224 e. The van der Waals surface area contributed by atoms with Crippen LogP contribution in [-0.4, -0.2) is 30.6 Å². The second kappa shape index (κ2) is 10.9. The Labute approximate surface area is 148 Å². The van der Waals surface area contributed by atoms with Gasteiger partial charge in [0, 0.05) is 35.7 Å². The minimum Gasteiger partial charge on any atom is -0.438 e. The molecular weight excluding hydrogens is 414 g/mol. The molecule has 0 amide bonds. The molecule has 122 valence electrons. The van der Waals surface area contributed by atoms with Gasteiger partial charge < -0.3 is 13.9 Å². The number of halogens is 2. The average molecular weight is 435 g/mol. The van der Waals surface area contributed by atoms with E-state index >= 15 is 0 Å². The van der Waals surface area contributed by atoms with Crippen molar-refractivity contribution < 1.29 is 13.9 Å². The fourth-order valence-corrected chi connectivity index (χ4v) is 2.46. The summed E-state index contributed by atoms with van der Waals surface area (Å²) < 4.78 is 16.8. The van der Waals surface area contributed by atoms with Gasteiger partial charge in [-0.05, 0) is 26.0 Å². The molecule has 0 aliphatic carbocycles. The lowest BCUT2D eigenvalue weighted by Crippen LogP contribution is -2.05. The van der Waals surface area contributed by atoms with Crippen LogP contribution >= 0.6 is 31.9 Å². The van der Waals surface area contributed by atoms with E-state index in [9.17, 15) is 0 Å². The standard InChI is InChI=1S/C13H13Br2NO2.C3H8O/c1-2-17-11(7-14)13-16-8-12(18-13)9-4-3-5-10(15)6-9;1-3-4-2/h3-6,8,11H,2,7H2,1H3;3H2,1-2H3/t11-;/m0./s1. The van der Waals surface area contributed by atoms with Crippen LogP contribution in [0.3, 0.4) is 0 Å². The van der Waals surface area contributed by atoms with Crippen LogP contribution in [0.2, 0.25) is 0 Å². The van der Waals surface area contributed by atoms with Crippen molar-refractivity contribution in [1.29, 1.82) is 0 Å². The summed E-state index contributed by atoms with van der Waals surface area (Å²) in [5.74, 6) is 1.35. The van der Waals surface area contributed by atoms with E-state index in [4.69, 9.17) is 9.15 Å². The SMILES string of the molecule is CCOC.CCO[C@@H](CBr)c1ncc(-c2cccc(Br)c2)o1. The summed E-state index contributed by atoms with van der Waals surface area (Å²) in [5, 5.41) is 0.666. The molecule has 1 aromatic carbocycles. The fourth-order valence-electron chi connectivity index (χ4n) is 1.59. The molecule has 2 rings (SSSR count). The van der Waals surface area contributed by atoms with E-state index in [2.05, 4.69) is 41.6 Å². The number of hydrogen-bond acceptors (Lipinski definition) is 4. The van der Waals surface area contributed by atoms with Crippen molar-refractivity contribution in [3.05, 3.63) is 40.8 Å². The van der Waals surface area contributed by atoms with Crippen LogP contribution in [-0.2, 0) is 9.47 Å². The molecule has 1 atom stereocenters. The largest absolute Gasteiger partial charge is 0.438 e. The summed E-state index contributed by atoms with van der Waals surface area (Å²) >= 11 is 6.84. The Balaban J connectivity index is 0.000000541. The minimum atomic E-state index is -0.143. The lowest BCUT2D eigenvalue weighted by Gasteiger charge is -2.09. The first-order valence-electron chi connectivity index (χ1n) is 7.04. The van der Waals surface area contributed by atoms with Gasteiger partial charge in [0.1, 0.15) is 6.10 Å². The molecule has 6 heteroatoms. The second-order valence-corrected chi connectivity index (χ2v) is 5.81. The molecular formula is C16H21Br2NO3. The summed E-state index contributed by atoms with van der Waals surface area (Å²) in [6.45, 7) is 5.36. The highest BCUT2D eigenvalue weighted by atomic mass is 79.9. The number of methoxy groups -OCH3 is 1. The van der Waals surface area contributed by atoms with Crippen LogP contribution < -0.4 is 0 Å². The van der Waals surface area contributed by atoms with Crippen molar-refractivity contribution in [3.63, 3.8) is 0 Å². The summed E-state index contributed by atoms with van der Waals surface area (Å²) in [4.78, 5) is 4.28. The number of rotatable bonds is 6. The molecule has 0 aliphatic rings. The van der Waals surface area contributed by atoms with E-state index in [0.717, 1.165) is 22.4 Å². The first-order valence-corrected chi connectivity index (χ1v) is 8.95. The molecule has 4 nitrogen and oxygen atoms in total. The number of oxazole rings is 1. The van der Waals surface area contributed by atoms with Gasteiger partial charge in [-0.2, -0.15) is 0 Å². The Kier molecular flexibility index (Phi) is 9.63. The number of ether oxygens (including phenoxy) is 2. The van der Waals surface area contributed by atoms with Gasteiger partial charge in [-0.3, -0.25) is 0 Å². The molecule has 0 radical (unpaired) electrons. The lowest BCUT2D eigenvalue weighted by atomic mass is 10.2. The fraction of sp³-hybridized carbons (Fsp3) is 0.438. The van der Waals surface area contributed by atoms with Crippen molar-refractivity contribution >= 4 is 31.9 Å². The molecule has 22 heavy (non-hydrogen) atoms. The summed E-state index contributed by atoms with van der Waals surface area (Å²) in [7, 11) is 1.68. The highest BCUT2D eigenvalue weighted by molar-refractivity contribution is 9.10. The molecule has 0 spiro atoms. The van der Waals surface area contributed by atoms with Gasteiger partial charge in [0.2, 0.25) is 5.89 Å². The van der Waals surface area contributed by atoms with Gasteiger partial charge in [-0.1, -0.05) is 44.0 Å². The average Bonchev–Trinajstić information content (AvgIpc) is 3.02. The Morgan fingerprint density at radius 1 is 1.27 bits per heavy atom. The third kappa shape index (κ3) is 6.20. The van der Waals surface area contributed by atoms with Gasteiger partial charge >= 0.3 is 0 Å². The summed E-state index contributed by atoms with van der Waals surface area (Å²) in [5.41, 5.74) is 0.993. The molecule has 0 saturated heterocycles. The van der Waals surface area contributed by atoms with E-state index in [1.807, 2.05) is 38.1 Å². The maximum atomic E-state index is 5.74. The lowest BCUT2D eigenvalue weighted by molar-refractivity contribution is 0.0612. The third-order valence-corrected chi connectivity index (χ3v) is 3.79. The molecule has 0 unspecified atom stereocenters. The van der Waals surface area contributed by atoms with E-state index in [1.54, 1.807) is 13.3 Å². The van der Waals surface area contributed by atoms with E-state index in [-0.39, 0.29) is 6.10 Å². The number of benzene rings is 1. The topological polar surface area (TPSA) is 44.5 Å². The Morgan fingerprint density at radius 2 is 2.00 bits per heavy atom. The van der Waals surface area contributed by atoms with Crippen LogP contribution in [0.5, 0.6) is 0 Å². The minimum absolute atomic E-state index is 0.143. The van der Waals surface area contributed by atoms with Crippen molar-refractivity contribution in [3.8, 4) is 11.3 Å². The van der Waals surface area contributed by atoms with E-state index < -0.39 is 0 Å². The Bertz CT molecular complexity index is 544. The first kappa shape index (κ1) is 19.4. The van der Waals surface area contributed by atoms with Gasteiger partial charge in [-0.25, -0.2) is 4.98 Å². The molecule has 1 aromatic heterocycles. The second-order valence-electron chi connectivity index (χ2n) is 4.25. The predicted molar refractivity (Wildman–Crippen MR) is 95.4 cm³/mol. The molecule has 0 saturated carbocycles. The number of nitrogens with zero attached hydrogens (tertiary/aromatic N) is 1. The smallest absolute Gasteiger partial charge is 0.224 e. The first-order chi connectivity index (χ1) is 10.7. The molecule has 0 bridgehead atoms.